The summed E-state index contributed by atoms with van der Waals surface area (Å²) in [5.74, 6) is -2.80. The highest BCUT2D eigenvalue weighted by Crippen LogP contribution is 2.10. The van der Waals surface area contributed by atoms with Crippen molar-refractivity contribution in [1.29, 1.82) is 0 Å². The predicted octanol–water partition coefficient (Wildman–Crippen LogP) is 0.295. The second-order valence-corrected chi connectivity index (χ2v) is 4.95. The monoisotopic (exact) mass is 321 g/mol. The fraction of sp³-hybridized carbons (Fsp3) is 0.333. The number of urea groups is 1. The predicted molar refractivity (Wildman–Crippen MR) is 77.6 cm³/mol. The highest BCUT2D eigenvalue weighted by atomic mass is 19.1. The maximum atomic E-state index is 12.8. The van der Waals surface area contributed by atoms with Crippen molar-refractivity contribution in [3.63, 3.8) is 0 Å². The van der Waals surface area contributed by atoms with E-state index in [1.165, 1.54) is 12.1 Å². The Morgan fingerprint density at radius 3 is 2.26 bits per heavy atom. The van der Waals surface area contributed by atoms with Crippen molar-refractivity contribution in [3.8, 4) is 0 Å². The largest absolute Gasteiger partial charge is 0.354 e. The molecule has 7 nitrogen and oxygen atoms in total. The number of nitrogens with zero attached hydrogens (tertiary/aromatic N) is 2. The van der Waals surface area contributed by atoms with Crippen molar-refractivity contribution in [3.05, 3.63) is 35.6 Å². The van der Waals surface area contributed by atoms with Crippen LogP contribution in [-0.2, 0) is 20.8 Å². The van der Waals surface area contributed by atoms with E-state index >= 15 is 0 Å². The van der Waals surface area contributed by atoms with E-state index in [4.69, 9.17) is 0 Å². The molecule has 1 fully saturated rings. The first-order valence-corrected chi connectivity index (χ1v) is 7.12. The third-order valence-electron chi connectivity index (χ3n) is 3.40. The van der Waals surface area contributed by atoms with Crippen molar-refractivity contribution < 1.29 is 23.6 Å². The maximum absolute atomic E-state index is 12.8. The van der Waals surface area contributed by atoms with Crippen LogP contribution in [0.15, 0.2) is 24.3 Å². The summed E-state index contributed by atoms with van der Waals surface area (Å²) < 4.78 is 12.8. The lowest BCUT2D eigenvalue weighted by molar-refractivity contribution is -0.143. The topological polar surface area (TPSA) is 86.8 Å². The highest BCUT2D eigenvalue weighted by Gasteiger charge is 2.44. The fourth-order valence-corrected chi connectivity index (χ4v) is 2.17. The van der Waals surface area contributed by atoms with Crippen LogP contribution in [0.3, 0.4) is 0 Å². The second-order valence-electron chi connectivity index (χ2n) is 4.95. The molecule has 0 spiro atoms. The summed E-state index contributed by atoms with van der Waals surface area (Å²) in [4.78, 5) is 48.2. The molecular weight excluding hydrogens is 305 g/mol. The molecule has 1 aromatic rings. The molecule has 1 N–H and O–H groups in total. The molecule has 23 heavy (non-hydrogen) atoms. The fourth-order valence-electron chi connectivity index (χ4n) is 2.17. The standard InChI is InChI=1S/C15H16FN3O4/c1-2-18-13(21)14(22)19(15(18)23)9-12(20)17-8-7-10-3-5-11(16)6-4-10/h3-6H,2,7-9H2,1H3,(H,17,20). The Morgan fingerprint density at radius 2 is 1.70 bits per heavy atom. The molecule has 1 heterocycles. The lowest BCUT2D eigenvalue weighted by Crippen LogP contribution is -2.41. The van der Waals surface area contributed by atoms with Crippen LogP contribution < -0.4 is 5.32 Å². The van der Waals surface area contributed by atoms with Gasteiger partial charge in [-0.1, -0.05) is 12.1 Å². The van der Waals surface area contributed by atoms with Crippen LogP contribution in [0.4, 0.5) is 9.18 Å². The Morgan fingerprint density at radius 1 is 1.09 bits per heavy atom. The van der Waals surface area contributed by atoms with Crippen molar-refractivity contribution in [1.82, 2.24) is 15.1 Å². The molecule has 0 aromatic heterocycles. The van der Waals surface area contributed by atoms with E-state index in [0.29, 0.717) is 11.3 Å². The summed E-state index contributed by atoms with van der Waals surface area (Å²) in [7, 11) is 0. The molecule has 0 aliphatic carbocycles. The van der Waals surface area contributed by atoms with Gasteiger partial charge in [0.2, 0.25) is 5.91 Å². The van der Waals surface area contributed by atoms with E-state index in [0.717, 1.165) is 10.5 Å². The number of carbonyl (C=O) groups is 4. The Kier molecular flexibility index (Phi) is 5.05. The van der Waals surface area contributed by atoms with Gasteiger partial charge in [-0.2, -0.15) is 0 Å². The molecule has 1 aliphatic rings. The Hall–Kier alpha value is -2.77. The molecule has 2 rings (SSSR count). The van der Waals surface area contributed by atoms with E-state index in [-0.39, 0.29) is 18.9 Å². The summed E-state index contributed by atoms with van der Waals surface area (Å²) >= 11 is 0. The van der Waals surface area contributed by atoms with Crippen LogP contribution in [-0.4, -0.2) is 53.2 Å². The third kappa shape index (κ3) is 3.71. The number of amides is 5. The van der Waals surface area contributed by atoms with Gasteiger partial charge in [-0.3, -0.25) is 19.3 Å². The summed E-state index contributed by atoms with van der Waals surface area (Å²) in [6.07, 6.45) is 0.480. The number of halogens is 1. The summed E-state index contributed by atoms with van der Waals surface area (Å²) in [5.41, 5.74) is 0.840. The molecule has 8 heteroatoms. The SMILES string of the molecule is CCN1C(=O)C(=O)N(CC(=O)NCCc2ccc(F)cc2)C1=O. The summed E-state index contributed by atoms with van der Waals surface area (Å²) in [5, 5.41) is 2.55. The van der Waals surface area contributed by atoms with E-state index in [2.05, 4.69) is 5.32 Å². The van der Waals surface area contributed by atoms with Gasteiger partial charge in [-0.05, 0) is 31.0 Å². The molecule has 0 radical (unpaired) electrons. The molecule has 1 aliphatic heterocycles. The van der Waals surface area contributed by atoms with Crippen LogP contribution >= 0.6 is 0 Å². The quantitative estimate of drug-likeness (QED) is 0.603. The van der Waals surface area contributed by atoms with Gasteiger partial charge in [-0.25, -0.2) is 14.1 Å². The molecule has 0 saturated carbocycles. The summed E-state index contributed by atoms with van der Waals surface area (Å²) in [6.45, 7) is 1.41. The van der Waals surface area contributed by atoms with Gasteiger partial charge in [0.15, 0.2) is 0 Å². The molecule has 122 valence electrons. The Bertz CT molecular complexity index is 645. The van der Waals surface area contributed by atoms with Crippen molar-refractivity contribution in [2.45, 2.75) is 13.3 Å². The first kappa shape index (κ1) is 16.6. The van der Waals surface area contributed by atoms with Gasteiger partial charge in [-0.15, -0.1) is 0 Å². The molecular formula is C15H16FN3O4. The Labute approximate surface area is 132 Å². The van der Waals surface area contributed by atoms with Crippen LogP contribution in [0.2, 0.25) is 0 Å². The number of nitrogens with one attached hydrogen (secondary N) is 1. The first-order chi connectivity index (χ1) is 10.9. The van der Waals surface area contributed by atoms with Crippen molar-refractivity contribution in [2.75, 3.05) is 19.6 Å². The average Bonchev–Trinajstić information content (AvgIpc) is 2.73. The number of likely N-dealkylation sites (N-methyl/N-ethyl adjacent to an activating group) is 1. The van der Waals surface area contributed by atoms with Gasteiger partial charge < -0.3 is 5.32 Å². The van der Waals surface area contributed by atoms with E-state index in [9.17, 15) is 23.6 Å². The lowest BCUT2D eigenvalue weighted by atomic mass is 10.1. The van der Waals surface area contributed by atoms with Crippen LogP contribution in [0.25, 0.3) is 0 Å². The van der Waals surface area contributed by atoms with Gasteiger partial charge in [0, 0.05) is 13.1 Å². The van der Waals surface area contributed by atoms with Crippen LogP contribution in [0.5, 0.6) is 0 Å². The highest BCUT2D eigenvalue weighted by molar-refractivity contribution is 6.45. The maximum Gasteiger partial charge on any atom is 0.334 e. The van der Waals surface area contributed by atoms with E-state index in [1.807, 2.05) is 0 Å². The smallest absolute Gasteiger partial charge is 0.334 e. The molecule has 1 saturated heterocycles. The van der Waals surface area contributed by atoms with E-state index in [1.54, 1.807) is 19.1 Å². The lowest BCUT2D eigenvalue weighted by Gasteiger charge is -2.13. The Balaban J connectivity index is 1.83. The molecule has 0 bridgehead atoms. The van der Waals surface area contributed by atoms with Gasteiger partial charge >= 0.3 is 17.8 Å². The second kappa shape index (κ2) is 6.99. The summed E-state index contributed by atoms with van der Waals surface area (Å²) in [6, 6.07) is 5.07. The first-order valence-electron chi connectivity index (χ1n) is 7.12. The number of benzene rings is 1. The molecule has 1 aromatic carbocycles. The minimum Gasteiger partial charge on any atom is -0.354 e. The van der Waals surface area contributed by atoms with Crippen LogP contribution in [0.1, 0.15) is 12.5 Å². The van der Waals surface area contributed by atoms with Gasteiger partial charge in [0.05, 0.1) is 0 Å². The van der Waals surface area contributed by atoms with E-state index < -0.39 is 30.3 Å². The van der Waals surface area contributed by atoms with Gasteiger partial charge in [0.25, 0.3) is 0 Å². The van der Waals surface area contributed by atoms with Gasteiger partial charge in [0.1, 0.15) is 12.4 Å². The van der Waals surface area contributed by atoms with Crippen LogP contribution in [0, 0.1) is 5.82 Å². The molecule has 0 atom stereocenters. The molecule has 5 amide bonds. The zero-order chi connectivity index (χ0) is 17.0. The van der Waals surface area contributed by atoms with Crippen molar-refractivity contribution >= 4 is 23.8 Å². The number of hydrogen-bond donors (Lipinski definition) is 1. The number of imide groups is 2. The number of rotatable bonds is 6. The number of carbonyl (C=O) groups excluding carboxylic acids is 4. The third-order valence-corrected chi connectivity index (χ3v) is 3.40. The number of hydrogen-bond acceptors (Lipinski definition) is 4. The normalized spacial score (nSPS) is 14.6. The zero-order valence-electron chi connectivity index (χ0n) is 12.5. The molecule has 0 unspecified atom stereocenters. The minimum absolute atomic E-state index is 0.0755. The average molecular weight is 321 g/mol. The minimum atomic E-state index is -0.995. The van der Waals surface area contributed by atoms with Crippen molar-refractivity contribution in [2.24, 2.45) is 0 Å². The zero-order valence-corrected chi connectivity index (χ0v) is 12.5.